The Hall–Kier alpha value is -4.54. The molecule has 0 spiro atoms. The molecule has 4 saturated heterocycles. The van der Waals surface area contributed by atoms with E-state index in [0.717, 1.165) is 23.1 Å². The molecule has 0 bridgehead atoms. The number of benzene rings is 4. The highest BCUT2D eigenvalue weighted by Gasteiger charge is 2.55. The number of nitrogens with one attached hydrogen (secondary N) is 1. The monoisotopic (exact) mass is 907 g/mol. The molecule has 1 N–H and O–H groups in total. The molecule has 0 aromatic heterocycles. The predicted octanol–water partition coefficient (Wildman–Crippen LogP) is 8.16. The van der Waals surface area contributed by atoms with Gasteiger partial charge in [-0.25, -0.2) is 4.79 Å². The lowest BCUT2D eigenvalue weighted by atomic mass is 9.78. The van der Waals surface area contributed by atoms with E-state index in [0.29, 0.717) is 17.4 Å². The van der Waals surface area contributed by atoms with Gasteiger partial charge in [0.1, 0.15) is 43.2 Å². The maximum Gasteiger partial charge on any atom is 0.338 e. The Kier molecular flexibility index (Phi) is 16.3. The number of amides is 1. The quantitative estimate of drug-likeness (QED) is 0.109. The summed E-state index contributed by atoms with van der Waals surface area (Å²) < 4.78 is 67.3. The van der Waals surface area contributed by atoms with Crippen LogP contribution in [0.15, 0.2) is 121 Å². The van der Waals surface area contributed by atoms with Crippen molar-refractivity contribution in [3.63, 3.8) is 0 Å². The first kappa shape index (κ1) is 47.9. The summed E-state index contributed by atoms with van der Waals surface area (Å²) in [7, 11) is 0. The van der Waals surface area contributed by atoms with Crippen LogP contribution >= 0.6 is 0 Å². The molecule has 4 heterocycles. The summed E-state index contributed by atoms with van der Waals surface area (Å²) in [6, 6.07) is 37.1. The standard InChI is InChI=1S/C53H65NO12/c1-7-41-33(3)32(2)34(4)50(61-41)64-45-35(5)51(62-43-31-60-52(66-46(43)45)40-26-18-11-19-27-40)65-47-42(30-58-49(56)39-24-16-10-17-25-39)63-53(59-29-38-22-14-9-15-23-38)44(54-36(6)55)48(47)57-28-37-20-12-8-13-21-37/h8-27,32-35,41-48,50-53H,7,28-31H2,1-6H3,(H,54,55)/t32-,33+,34?,35?,41?,42-,43?,44?,45+,46-,47+,48?,50-,51-,52?,53-/m0/s1. The van der Waals surface area contributed by atoms with Crippen LogP contribution in [0.3, 0.4) is 0 Å². The summed E-state index contributed by atoms with van der Waals surface area (Å²) in [6.07, 6.45) is -6.88. The van der Waals surface area contributed by atoms with Crippen LogP contribution in [-0.2, 0) is 65.4 Å². The molecule has 0 saturated carbocycles. The number of carbonyl (C=O) groups excluding carboxylic acids is 2. The third-order valence-electron chi connectivity index (χ3n) is 13.6. The van der Waals surface area contributed by atoms with E-state index in [1.165, 1.54) is 6.92 Å². The zero-order valence-corrected chi connectivity index (χ0v) is 38.7. The molecule has 13 nitrogen and oxygen atoms in total. The van der Waals surface area contributed by atoms with E-state index in [9.17, 15) is 9.59 Å². The molecule has 4 aliphatic heterocycles. The second-order valence-corrected chi connectivity index (χ2v) is 18.1. The Balaban J connectivity index is 1.14. The number of carbonyl (C=O) groups is 2. The van der Waals surface area contributed by atoms with Crippen LogP contribution in [0.4, 0.5) is 0 Å². The Morgan fingerprint density at radius 2 is 1.18 bits per heavy atom. The van der Waals surface area contributed by atoms with E-state index in [1.807, 2.05) is 104 Å². The number of rotatable bonds is 16. The van der Waals surface area contributed by atoms with Gasteiger partial charge in [0, 0.05) is 24.3 Å². The van der Waals surface area contributed by atoms with Gasteiger partial charge in [0.05, 0.1) is 37.6 Å². The molecule has 8 rings (SSSR count). The average molecular weight is 908 g/mol. The lowest BCUT2D eigenvalue weighted by Gasteiger charge is -2.53. The summed E-state index contributed by atoms with van der Waals surface area (Å²) in [6.45, 7) is 12.6. The Morgan fingerprint density at radius 3 is 1.82 bits per heavy atom. The fourth-order valence-electron chi connectivity index (χ4n) is 9.53. The molecule has 0 radical (unpaired) electrons. The third kappa shape index (κ3) is 11.4. The summed E-state index contributed by atoms with van der Waals surface area (Å²) in [5, 5.41) is 3.07. The minimum atomic E-state index is -1.05. The molecule has 354 valence electrons. The fourth-order valence-corrected chi connectivity index (χ4v) is 9.53. The molecule has 0 aliphatic carbocycles. The summed E-state index contributed by atoms with van der Waals surface area (Å²) in [4.78, 5) is 26.7. The molecule has 4 aliphatic rings. The maximum absolute atomic E-state index is 13.5. The van der Waals surface area contributed by atoms with Crippen LogP contribution in [0, 0.1) is 23.7 Å². The SMILES string of the molecule is CCC1O[C@@H](O[C@@H]2C(C)[C@H](O[C@H]3C(OCc4ccccc4)C(NC(C)=O)[C@@H](OCc4ccccc4)O[C@H]3COC(=O)c3ccccc3)OC3COC(c4ccccc4)O[C@@H]32)C(C)[C@@H](C)[C@H]1C. The lowest BCUT2D eigenvalue weighted by Crippen LogP contribution is -2.68. The predicted molar refractivity (Wildman–Crippen MR) is 243 cm³/mol. The van der Waals surface area contributed by atoms with E-state index in [2.05, 4.69) is 33.0 Å². The van der Waals surface area contributed by atoms with Crippen molar-refractivity contribution in [2.75, 3.05) is 13.2 Å². The van der Waals surface area contributed by atoms with Gasteiger partial charge in [-0.1, -0.05) is 144 Å². The second-order valence-electron chi connectivity index (χ2n) is 18.1. The van der Waals surface area contributed by atoms with Crippen LogP contribution in [0.5, 0.6) is 0 Å². The van der Waals surface area contributed by atoms with E-state index < -0.39 is 79.7 Å². The van der Waals surface area contributed by atoms with Crippen molar-refractivity contribution in [2.24, 2.45) is 23.7 Å². The van der Waals surface area contributed by atoms with Gasteiger partial charge < -0.3 is 52.7 Å². The topological polar surface area (TPSA) is 138 Å². The van der Waals surface area contributed by atoms with Crippen LogP contribution in [0.1, 0.15) is 81.3 Å². The first-order chi connectivity index (χ1) is 32.1. The lowest BCUT2D eigenvalue weighted by molar-refractivity contribution is -0.392. The van der Waals surface area contributed by atoms with Gasteiger partial charge in [0.15, 0.2) is 25.2 Å². The summed E-state index contributed by atoms with van der Waals surface area (Å²) >= 11 is 0. The van der Waals surface area contributed by atoms with Gasteiger partial charge in [-0.15, -0.1) is 0 Å². The number of esters is 1. The van der Waals surface area contributed by atoms with Gasteiger partial charge in [-0.05, 0) is 41.5 Å². The van der Waals surface area contributed by atoms with Gasteiger partial charge in [-0.2, -0.15) is 0 Å². The normalized spacial score (nSPS) is 34.5. The summed E-state index contributed by atoms with van der Waals surface area (Å²) in [5.74, 6) is -0.548. The molecule has 7 unspecified atom stereocenters. The smallest absolute Gasteiger partial charge is 0.338 e. The van der Waals surface area contributed by atoms with Crippen LogP contribution < -0.4 is 5.32 Å². The van der Waals surface area contributed by atoms with Crippen LogP contribution in [-0.4, -0.2) is 92.7 Å². The molecule has 13 heteroatoms. The highest BCUT2D eigenvalue weighted by molar-refractivity contribution is 5.89. The minimum absolute atomic E-state index is 0.0240. The largest absolute Gasteiger partial charge is 0.459 e. The van der Waals surface area contributed by atoms with Crippen molar-refractivity contribution >= 4 is 11.9 Å². The van der Waals surface area contributed by atoms with E-state index in [-0.39, 0.29) is 44.4 Å². The molecule has 1 amide bonds. The maximum atomic E-state index is 13.5. The van der Waals surface area contributed by atoms with E-state index in [4.69, 9.17) is 47.4 Å². The zero-order valence-electron chi connectivity index (χ0n) is 38.7. The summed E-state index contributed by atoms with van der Waals surface area (Å²) in [5.41, 5.74) is 3.06. The molecule has 4 aromatic carbocycles. The van der Waals surface area contributed by atoms with Crippen molar-refractivity contribution in [3.8, 4) is 0 Å². The molecule has 4 aromatic rings. The van der Waals surface area contributed by atoms with Crippen molar-refractivity contribution in [1.29, 1.82) is 0 Å². The first-order valence-electron chi connectivity index (χ1n) is 23.5. The van der Waals surface area contributed by atoms with Crippen molar-refractivity contribution < 1.29 is 57.0 Å². The van der Waals surface area contributed by atoms with Gasteiger partial charge in [0.25, 0.3) is 0 Å². The Labute approximate surface area is 388 Å². The first-order valence-corrected chi connectivity index (χ1v) is 23.5. The number of ether oxygens (including phenoxy) is 10. The Morgan fingerprint density at radius 1 is 0.606 bits per heavy atom. The van der Waals surface area contributed by atoms with Gasteiger partial charge in [0.2, 0.25) is 5.91 Å². The molecule has 16 atom stereocenters. The minimum Gasteiger partial charge on any atom is -0.459 e. The fraction of sp³-hybridized carbons (Fsp3) is 0.509. The van der Waals surface area contributed by atoms with E-state index >= 15 is 0 Å². The van der Waals surface area contributed by atoms with Crippen molar-refractivity contribution in [1.82, 2.24) is 5.32 Å². The van der Waals surface area contributed by atoms with Crippen LogP contribution in [0.2, 0.25) is 0 Å². The molecule has 66 heavy (non-hydrogen) atoms. The van der Waals surface area contributed by atoms with Gasteiger partial charge in [-0.3, -0.25) is 4.79 Å². The number of hydrogen-bond acceptors (Lipinski definition) is 12. The zero-order chi connectivity index (χ0) is 46.2. The second kappa shape index (κ2) is 22.5. The molecule has 4 fully saturated rings. The van der Waals surface area contributed by atoms with Crippen molar-refractivity contribution in [3.05, 3.63) is 144 Å². The molecular formula is C53H65NO12. The average Bonchev–Trinajstić information content (AvgIpc) is 3.35. The third-order valence-corrected chi connectivity index (χ3v) is 13.6. The van der Waals surface area contributed by atoms with Crippen LogP contribution in [0.25, 0.3) is 0 Å². The number of hydrogen-bond donors (Lipinski definition) is 1. The molecular weight excluding hydrogens is 843 g/mol. The highest BCUT2D eigenvalue weighted by Crippen LogP contribution is 2.43. The van der Waals surface area contributed by atoms with Gasteiger partial charge >= 0.3 is 5.97 Å². The Bertz CT molecular complexity index is 2110. The van der Waals surface area contributed by atoms with E-state index in [1.54, 1.807) is 24.3 Å². The highest BCUT2D eigenvalue weighted by atomic mass is 16.8. The number of fused-ring (bicyclic) bond motifs is 1. The van der Waals surface area contributed by atoms with Crippen molar-refractivity contribution in [2.45, 2.75) is 135 Å².